The van der Waals surface area contributed by atoms with Crippen LogP contribution in [0, 0.1) is 11.8 Å². The van der Waals surface area contributed by atoms with Gasteiger partial charge in [0.15, 0.2) is 6.61 Å². The summed E-state index contributed by atoms with van der Waals surface area (Å²) >= 11 is 6.15. The Morgan fingerprint density at radius 2 is 2.18 bits per heavy atom. The molecule has 0 aromatic heterocycles. The minimum absolute atomic E-state index is 0. The van der Waals surface area contributed by atoms with Crippen LogP contribution in [0.2, 0.25) is 5.02 Å². The fourth-order valence-electron chi connectivity index (χ4n) is 2.32. The van der Waals surface area contributed by atoms with Crippen molar-refractivity contribution in [1.82, 2.24) is 5.32 Å². The summed E-state index contributed by atoms with van der Waals surface area (Å²) in [6.45, 7) is 3.60. The molecule has 1 saturated heterocycles. The number of halogens is 2. The van der Waals surface area contributed by atoms with Crippen molar-refractivity contribution >= 4 is 47.2 Å². The molecule has 0 bridgehead atoms. The molecule has 1 unspecified atom stereocenters. The SMILES string of the molecule is CC(C(=O)Nc1cc2c(cc1Cl)NC(=O)CO2)C1CNC1.Cl. The van der Waals surface area contributed by atoms with Crippen LogP contribution in [0.3, 0.4) is 0 Å². The van der Waals surface area contributed by atoms with Gasteiger partial charge in [0.2, 0.25) is 5.91 Å². The van der Waals surface area contributed by atoms with Gasteiger partial charge in [-0.3, -0.25) is 9.59 Å². The Labute approximate surface area is 139 Å². The number of hydrogen-bond donors (Lipinski definition) is 3. The molecule has 0 aliphatic carbocycles. The van der Waals surface area contributed by atoms with E-state index in [-0.39, 0.29) is 36.7 Å². The van der Waals surface area contributed by atoms with Crippen LogP contribution < -0.4 is 20.7 Å². The van der Waals surface area contributed by atoms with E-state index in [1.807, 2.05) is 6.92 Å². The van der Waals surface area contributed by atoms with Crippen LogP contribution in [-0.2, 0) is 9.59 Å². The average Bonchev–Trinajstić information content (AvgIpc) is 2.37. The first-order valence-corrected chi connectivity index (χ1v) is 7.20. The summed E-state index contributed by atoms with van der Waals surface area (Å²) < 4.78 is 5.32. The second kappa shape index (κ2) is 6.73. The Morgan fingerprint density at radius 3 is 2.82 bits per heavy atom. The summed E-state index contributed by atoms with van der Waals surface area (Å²) in [5, 5.41) is 9.02. The first kappa shape index (κ1) is 16.9. The molecule has 0 radical (unpaired) electrons. The molecule has 8 heteroatoms. The number of ether oxygens (including phenoxy) is 1. The molecule has 1 aromatic carbocycles. The predicted molar refractivity (Wildman–Crippen MR) is 87.0 cm³/mol. The highest BCUT2D eigenvalue weighted by molar-refractivity contribution is 6.34. The van der Waals surface area contributed by atoms with E-state index in [1.165, 1.54) is 0 Å². The third-order valence-corrected chi connectivity index (χ3v) is 4.21. The fourth-order valence-corrected chi connectivity index (χ4v) is 2.53. The van der Waals surface area contributed by atoms with Crippen molar-refractivity contribution < 1.29 is 14.3 Å². The number of rotatable bonds is 3. The highest BCUT2D eigenvalue weighted by atomic mass is 35.5. The molecule has 1 aromatic rings. The molecule has 1 atom stereocenters. The highest BCUT2D eigenvalue weighted by Crippen LogP contribution is 2.36. The Kier molecular flexibility index (Phi) is 5.16. The van der Waals surface area contributed by atoms with Crippen molar-refractivity contribution in [3.8, 4) is 5.75 Å². The van der Waals surface area contributed by atoms with Gasteiger partial charge < -0.3 is 20.7 Å². The molecule has 0 saturated carbocycles. The van der Waals surface area contributed by atoms with E-state index >= 15 is 0 Å². The van der Waals surface area contributed by atoms with Crippen LogP contribution in [0.25, 0.3) is 0 Å². The third-order valence-electron chi connectivity index (χ3n) is 3.89. The molecular formula is C14H17Cl2N3O3. The Bertz CT molecular complexity index is 605. The molecule has 0 spiro atoms. The Hall–Kier alpha value is -1.50. The van der Waals surface area contributed by atoms with Gasteiger partial charge in [0, 0.05) is 12.0 Å². The number of fused-ring (bicyclic) bond motifs is 1. The quantitative estimate of drug-likeness (QED) is 0.781. The van der Waals surface area contributed by atoms with Gasteiger partial charge in [0.25, 0.3) is 5.91 Å². The van der Waals surface area contributed by atoms with Crippen molar-refractivity contribution in [1.29, 1.82) is 0 Å². The molecule has 2 aliphatic heterocycles. The molecule has 2 heterocycles. The summed E-state index contributed by atoms with van der Waals surface area (Å²) in [4.78, 5) is 23.5. The zero-order valence-corrected chi connectivity index (χ0v) is 13.5. The van der Waals surface area contributed by atoms with Crippen molar-refractivity contribution in [3.05, 3.63) is 17.2 Å². The number of hydrogen-bond acceptors (Lipinski definition) is 4. The van der Waals surface area contributed by atoms with E-state index < -0.39 is 0 Å². The molecule has 22 heavy (non-hydrogen) atoms. The molecule has 6 nitrogen and oxygen atoms in total. The van der Waals surface area contributed by atoms with Crippen LogP contribution in [0.15, 0.2) is 12.1 Å². The molecule has 2 amide bonds. The fraction of sp³-hybridized carbons (Fsp3) is 0.429. The first-order chi connectivity index (χ1) is 10.0. The predicted octanol–water partition coefficient (Wildman–Crippen LogP) is 1.89. The number of amides is 2. The van der Waals surface area contributed by atoms with Crippen LogP contribution in [-0.4, -0.2) is 31.5 Å². The Morgan fingerprint density at radius 1 is 1.45 bits per heavy atom. The molecular weight excluding hydrogens is 329 g/mol. The minimum atomic E-state index is -0.221. The van der Waals surface area contributed by atoms with Crippen molar-refractivity contribution in [3.63, 3.8) is 0 Å². The van der Waals surface area contributed by atoms with Gasteiger partial charge in [-0.05, 0) is 25.1 Å². The van der Waals surface area contributed by atoms with Gasteiger partial charge in [-0.2, -0.15) is 0 Å². The molecule has 120 valence electrons. The largest absolute Gasteiger partial charge is 0.482 e. The number of carbonyl (C=O) groups is 2. The summed E-state index contributed by atoms with van der Waals surface area (Å²) in [6, 6.07) is 3.22. The smallest absolute Gasteiger partial charge is 0.262 e. The Balaban J connectivity index is 0.00000176. The number of nitrogens with one attached hydrogen (secondary N) is 3. The lowest BCUT2D eigenvalue weighted by Gasteiger charge is -2.31. The monoisotopic (exact) mass is 345 g/mol. The minimum Gasteiger partial charge on any atom is -0.482 e. The summed E-state index contributed by atoms with van der Waals surface area (Å²) in [6.07, 6.45) is 0. The molecule has 3 rings (SSSR count). The van der Waals surface area contributed by atoms with Gasteiger partial charge in [0.05, 0.1) is 16.4 Å². The van der Waals surface area contributed by atoms with Crippen LogP contribution in [0.1, 0.15) is 6.92 Å². The second-order valence-electron chi connectivity index (χ2n) is 5.36. The zero-order valence-electron chi connectivity index (χ0n) is 11.9. The highest BCUT2D eigenvalue weighted by Gasteiger charge is 2.29. The third kappa shape index (κ3) is 3.29. The van der Waals surface area contributed by atoms with Gasteiger partial charge in [-0.25, -0.2) is 0 Å². The summed E-state index contributed by atoms with van der Waals surface area (Å²) in [5.41, 5.74) is 1.01. The topological polar surface area (TPSA) is 79.5 Å². The lowest BCUT2D eigenvalue weighted by Crippen LogP contribution is -2.48. The van der Waals surface area contributed by atoms with Crippen molar-refractivity contribution in [2.24, 2.45) is 11.8 Å². The first-order valence-electron chi connectivity index (χ1n) is 6.82. The van der Waals surface area contributed by atoms with E-state index in [2.05, 4.69) is 16.0 Å². The summed E-state index contributed by atoms with van der Waals surface area (Å²) in [5.74, 6) is 0.493. The van der Waals surface area contributed by atoms with Crippen molar-refractivity contribution in [2.45, 2.75) is 6.92 Å². The van der Waals surface area contributed by atoms with Gasteiger partial charge in [-0.1, -0.05) is 18.5 Å². The zero-order chi connectivity index (χ0) is 15.0. The lowest BCUT2D eigenvalue weighted by atomic mass is 9.88. The molecule has 3 N–H and O–H groups in total. The normalized spacial score (nSPS) is 18.0. The maximum atomic E-state index is 12.2. The van der Waals surface area contributed by atoms with E-state index in [1.54, 1.807) is 12.1 Å². The number of anilines is 2. The van der Waals surface area contributed by atoms with E-state index in [0.29, 0.717) is 28.1 Å². The van der Waals surface area contributed by atoms with E-state index in [0.717, 1.165) is 13.1 Å². The number of benzene rings is 1. The maximum Gasteiger partial charge on any atom is 0.262 e. The van der Waals surface area contributed by atoms with Gasteiger partial charge in [-0.15, -0.1) is 12.4 Å². The van der Waals surface area contributed by atoms with Crippen LogP contribution in [0.5, 0.6) is 5.75 Å². The average molecular weight is 346 g/mol. The summed E-state index contributed by atoms with van der Waals surface area (Å²) in [7, 11) is 0. The maximum absolute atomic E-state index is 12.2. The van der Waals surface area contributed by atoms with Gasteiger partial charge in [0.1, 0.15) is 5.75 Å². The molecule has 1 fully saturated rings. The standard InChI is InChI=1S/C14H16ClN3O3.ClH/c1-7(8-4-16-5-8)14(20)18-10-3-12-11(2-9(10)15)17-13(19)6-21-12;/h2-3,7-8,16H,4-6H2,1H3,(H,17,19)(H,18,20);1H. The van der Waals surface area contributed by atoms with Crippen molar-refractivity contribution in [2.75, 3.05) is 30.3 Å². The number of carbonyl (C=O) groups excluding carboxylic acids is 2. The van der Waals surface area contributed by atoms with E-state index in [4.69, 9.17) is 16.3 Å². The van der Waals surface area contributed by atoms with Gasteiger partial charge >= 0.3 is 0 Å². The molecule has 2 aliphatic rings. The van der Waals surface area contributed by atoms with Crippen LogP contribution >= 0.6 is 24.0 Å². The second-order valence-corrected chi connectivity index (χ2v) is 5.77. The van der Waals surface area contributed by atoms with E-state index in [9.17, 15) is 9.59 Å². The van der Waals surface area contributed by atoms with Crippen LogP contribution in [0.4, 0.5) is 11.4 Å². The lowest BCUT2D eigenvalue weighted by molar-refractivity contribution is -0.121.